The summed E-state index contributed by atoms with van der Waals surface area (Å²) in [5, 5.41) is 22.1. The van der Waals surface area contributed by atoms with Gasteiger partial charge in [-0.15, -0.1) is 0 Å². The van der Waals surface area contributed by atoms with Crippen LogP contribution in [0.2, 0.25) is 0 Å². The number of likely N-dealkylation sites (tertiary alicyclic amines) is 1. The maximum atomic E-state index is 11.5. The molecule has 3 unspecified atom stereocenters. The first-order valence-corrected chi connectivity index (χ1v) is 8.14. The maximum Gasteiger partial charge on any atom is 0.324 e. The molecule has 1 saturated carbocycles. The Labute approximate surface area is 126 Å². The van der Waals surface area contributed by atoms with E-state index in [2.05, 4.69) is 4.90 Å². The van der Waals surface area contributed by atoms with Crippen molar-refractivity contribution in [3.63, 3.8) is 0 Å². The second kappa shape index (κ2) is 5.73. The Morgan fingerprint density at radius 1 is 1.48 bits per heavy atom. The smallest absolute Gasteiger partial charge is 0.324 e. The average Bonchev–Trinajstić information content (AvgIpc) is 3.05. The lowest BCUT2D eigenvalue weighted by Gasteiger charge is -2.32. The number of carbonyl (C=O) groups is 1. The fourth-order valence-corrected chi connectivity index (χ4v) is 4.50. The van der Waals surface area contributed by atoms with Crippen LogP contribution < -0.4 is 0 Å². The molecule has 1 aliphatic heterocycles. The minimum atomic E-state index is -0.769. The van der Waals surface area contributed by atoms with Gasteiger partial charge in [0.15, 0.2) is 0 Å². The van der Waals surface area contributed by atoms with Crippen LogP contribution in [0.4, 0.5) is 5.00 Å². The van der Waals surface area contributed by atoms with Crippen molar-refractivity contribution in [3.05, 3.63) is 27.1 Å². The first-order valence-electron chi connectivity index (χ1n) is 7.26. The van der Waals surface area contributed by atoms with Gasteiger partial charge in [-0.25, -0.2) is 0 Å². The molecule has 0 bridgehead atoms. The molecule has 0 radical (unpaired) electrons. The molecule has 1 aromatic heterocycles. The Bertz CT molecular complexity index is 559. The molecule has 6 nitrogen and oxygen atoms in total. The van der Waals surface area contributed by atoms with E-state index in [4.69, 9.17) is 0 Å². The molecule has 1 N–H and O–H groups in total. The number of carboxylic acids is 1. The molecule has 2 heterocycles. The second-order valence-corrected chi connectivity index (χ2v) is 6.81. The molecular weight excluding hydrogens is 292 g/mol. The molecule has 0 amide bonds. The van der Waals surface area contributed by atoms with Crippen LogP contribution in [0.1, 0.15) is 37.7 Å². The van der Waals surface area contributed by atoms with E-state index in [0.29, 0.717) is 24.9 Å². The molecule has 2 fully saturated rings. The highest BCUT2D eigenvalue weighted by molar-refractivity contribution is 7.13. The molecule has 1 saturated heterocycles. The SMILES string of the molecule is O=C(O)C1CC2CCCCC2N1Cc1csc([N+](=O)[O-])c1. The van der Waals surface area contributed by atoms with E-state index >= 15 is 0 Å². The summed E-state index contributed by atoms with van der Waals surface area (Å²) in [6, 6.07) is 1.44. The van der Waals surface area contributed by atoms with Crippen molar-refractivity contribution in [3.8, 4) is 0 Å². The van der Waals surface area contributed by atoms with Gasteiger partial charge in [0, 0.05) is 24.0 Å². The summed E-state index contributed by atoms with van der Waals surface area (Å²) in [7, 11) is 0. The van der Waals surface area contributed by atoms with Gasteiger partial charge in [-0.3, -0.25) is 19.8 Å². The molecule has 114 valence electrons. The van der Waals surface area contributed by atoms with E-state index in [-0.39, 0.29) is 5.00 Å². The van der Waals surface area contributed by atoms with E-state index in [1.165, 1.54) is 6.42 Å². The minimum Gasteiger partial charge on any atom is -0.480 e. The van der Waals surface area contributed by atoms with Crippen molar-refractivity contribution >= 4 is 22.3 Å². The van der Waals surface area contributed by atoms with E-state index in [1.807, 2.05) is 0 Å². The molecule has 7 heteroatoms. The third kappa shape index (κ3) is 2.80. The van der Waals surface area contributed by atoms with E-state index in [9.17, 15) is 20.0 Å². The van der Waals surface area contributed by atoms with Gasteiger partial charge < -0.3 is 5.11 Å². The topological polar surface area (TPSA) is 83.7 Å². The first-order chi connectivity index (χ1) is 10.1. The normalized spacial score (nSPS) is 29.2. The Kier molecular flexibility index (Phi) is 3.95. The molecule has 1 aliphatic carbocycles. The van der Waals surface area contributed by atoms with Crippen LogP contribution >= 0.6 is 11.3 Å². The van der Waals surface area contributed by atoms with Crippen molar-refractivity contribution < 1.29 is 14.8 Å². The van der Waals surface area contributed by atoms with Crippen LogP contribution in [0.3, 0.4) is 0 Å². The number of nitrogens with zero attached hydrogens (tertiary/aromatic N) is 2. The summed E-state index contributed by atoms with van der Waals surface area (Å²) in [5.41, 5.74) is 0.851. The fraction of sp³-hybridized carbons (Fsp3) is 0.643. The average molecular weight is 310 g/mol. The lowest BCUT2D eigenvalue weighted by atomic mass is 9.84. The summed E-state index contributed by atoms with van der Waals surface area (Å²) in [4.78, 5) is 23.9. The van der Waals surface area contributed by atoms with Crippen LogP contribution in [-0.4, -0.2) is 33.0 Å². The quantitative estimate of drug-likeness (QED) is 0.683. The summed E-state index contributed by atoms with van der Waals surface area (Å²) in [6.07, 6.45) is 5.20. The van der Waals surface area contributed by atoms with Gasteiger partial charge >= 0.3 is 11.0 Å². The number of rotatable bonds is 4. The number of hydrogen-bond acceptors (Lipinski definition) is 5. The number of fused-ring (bicyclic) bond motifs is 1. The fourth-order valence-electron chi connectivity index (χ4n) is 3.78. The summed E-state index contributed by atoms with van der Waals surface area (Å²) in [6.45, 7) is 0.502. The van der Waals surface area contributed by atoms with Crippen LogP contribution in [0, 0.1) is 16.0 Å². The third-order valence-corrected chi connectivity index (χ3v) is 5.62. The monoisotopic (exact) mass is 310 g/mol. The van der Waals surface area contributed by atoms with Gasteiger partial charge in [0.25, 0.3) is 0 Å². The van der Waals surface area contributed by atoms with Crippen molar-refractivity contribution in [2.45, 2.75) is 50.7 Å². The largest absolute Gasteiger partial charge is 0.480 e. The Morgan fingerprint density at radius 3 is 2.90 bits per heavy atom. The van der Waals surface area contributed by atoms with Gasteiger partial charge in [-0.1, -0.05) is 24.2 Å². The summed E-state index contributed by atoms with van der Waals surface area (Å²) < 4.78 is 0. The summed E-state index contributed by atoms with van der Waals surface area (Å²) >= 11 is 1.11. The number of carboxylic acid groups (broad SMARTS) is 1. The van der Waals surface area contributed by atoms with E-state index in [1.54, 1.807) is 11.4 Å². The van der Waals surface area contributed by atoms with Crippen molar-refractivity contribution in [1.29, 1.82) is 0 Å². The number of aliphatic carboxylic acids is 1. The molecule has 0 aromatic carbocycles. The van der Waals surface area contributed by atoms with Gasteiger partial charge in [0.05, 0.1) is 4.92 Å². The van der Waals surface area contributed by atoms with Crippen LogP contribution in [0.5, 0.6) is 0 Å². The van der Waals surface area contributed by atoms with Gasteiger partial charge in [-0.2, -0.15) is 0 Å². The number of nitro groups is 1. The molecule has 2 aliphatic rings. The lowest BCUT2D eigenvalue weighted by Crippen LogP contribution is -2.41. The van der Waals surface area contributed by atoms with Crippen molar-refractivity contribution in [1.82, 2.24) is 4.90 Å². The predicted molar refractivity (Wildman–Crippen MR) is 78.3 cm³/mol. The molecule has 3 atom stereocenters. The minimum absolute atomic E-state index is 0.122. The molecule has 0 spiro atoms. The van der Waals surface area contributed by atoms with Gasteiger partial charge in [0.2, 0.25) is 0 Å². The highest BCUT2D eigenvalue weighted by Crippen LogP contribution is 2.41. The Hall–Kier alpha value is -1.47. The van der Waals surface area contributed by atoms with E-state index < -0.39 is 16.9 Å². The molecule has 21 heavy (non-hydrogen) atoms. The summed E-state index contributed by atoms with van der Waals surface area (Å²) in [5.74, 6) is -0.303. The zero-order valence-electron chi connectivity index (χ0n) is 11.6. The number of thiophene rings is 1. The highest BCUT2D eigenvalue weighted by Gasteiger charge is 2.45. The zero-order valence-corrected chi connectivity index (χ0v) is 12.4. The second-order valence-electron chi connectivity index (χ2n) is 5.92. The molecular formula is C14H18N2O4S. The predicted octanol–water partition coefficient (Wildman–Crippen LogP) is 2.87. The van der Waals surface area contributed by atoms with Crippen molar-refractivity contribution in [2.24, 2.45) is 5.92 Å². The molecule has 3 rings (SSSR count). The maximum absolute atomic E-state index is 11.5. The standard InChI is InChI=1S/C14H18N2O4S/c17-14(18)12-6-10-3-1-2-4-11(10)15(12)7-9-5-13(16(19)20)21-8-9/h5,8,10-12H,1-4,6-7H2,(H,17,18). The van der Waals surface area contributed by atoms with Crippen LogP contribution in [0.25, 0.3) is 0 Å². The number of hydrogen-bond donors (Lipinski definition) is 1. The Morgan fingerprint density at radius 2 is 2.24 bits per heavy atom. The molecule has 1 aromatic rings. The highest BCUT2D eigenvalue weighted by atomic mass is 32.1. The lowest BCUT2D eigenvalue weighted by molar-refractivity contribution is -0.380. The third-order valence-electron chi connectivity index (χ3n) is 4.69. The first kappa shape index (κ1) is 14.5. The Balaban J connectivity index is 1.79. The van der Waals surface area contributed by atoms with Crippen LogP contribution in [-0.2, 0) is 11.3 Å². The van der Waals surface area contributed by atoms with E-state index in [0.717, 1.165) is 36.2 Å². The van der Waals surface area contributed by atoms with Gasteiger partial charge in [-0.05, 0) is 30.7 Å². The van der Waals surface area contributed by atoms with Crippen molar-refractivity contribution in [2.75, 3.05) is 0 Å². The van der Waals surface area contributed by atoms with Gasteiger partial charge in [0.1, 0.15) is 6.04 Å². The zero-order chi connectivity index (χ0) is 15.0. The van der Waals surface area contributed by atoms with Crippen LogP contribution in [0.15, 0.2) is 11.4 Å².